The predicted octanol–water partition coefficient (Wildman–Crippen LogP) is 2.32. The number of hydrogen-bond donors (Lipinski definition) is 2. The highest BCUT2D eigenvalue weighted by Gasteiger charge is 2.13. The van der Waals surface area contributed by atoms with E-state index in [-0.39, 0.29) is 11.9 Å². The van der Waals surface area contributed by atoms with Crippen LogP contribution in [0.1, 0.15) is 18.9 Å². The van der Waals surface area contributed by atoms with Crippen LogP contribution >= 0.6 is 11.6 Å². The summed E-state index contributed by atoms with van der Waals surface area (Å²) in [6, 6.07) is 5.24. The second kappa shape index (κ2) is 5.03. The van der Waals surface area contributed by atoms with Crippen LogP contribution in [0.5, 0.6) is 0 Å². The summed E-state index contributed by atoms with van der Waals surface area (Å²) in [7, 11) is 0. The molecule has 0 aliphatic heterocycles. The fraction of sp³-hybridized carbons (Fsp3) is 0.364. The largest absolute Gasteiger partial charge is 0.372 e. The standard InChI is InChI=1S/C11H15ClN2O/c1-3-9(11(13)15)14-10-6-7(2)4-5-8(10)12/h4-6,9,14H,3H2,1-2H3,(H2,13,15). The molecule has 1 aromatic carbocycles. The van der Waals surface area contributed by atoms with Crippen molar-refractivity contribution in [3.05, 3.63) is 28.8 Å². The number of primary amides is 1. The first-order valence-corrected chi connectivity index (χ1v) is 5.24. The third-order valence-corrected chi connectivity index (χ3v) is 2.53. The minimum Gasteiger partial charge on any atom is -0.372 e. The zero-order chi connectivity index (χ0) is 11.4. The molecule has 0 fully saturated rings. The maximum Gasteiger partial charge on any atom is 0.239 e. The van der Waals surface area contributed by atoms with Crippen molar-refractivity contribution in [3.8, 4) is 0 Å². The zero-order valence-corrected chi connectivity index (χ0v) is 9.64. The molecule has 3 nitrogen and oxygen atoms in total. The summed E-state index contributed by atoms with van der Waals surface area (Å²) in [6.07, 6.45) is 0.638. The van der Waals surface area contributed by atoms with Crippen LogP contribution in [0.3, 0.4) is 0 Å². The molecule has 0 aliphatic carbocycles. The number of anilines is 1. The van der Waals surface area contributed by atoms with Gasteiger partial charge < -0.3 is 11.1 Å². The van der Waals surface area contributed by atoms with Gasteiger partial charge in [0.05, 0.1) is 10.7 Å². The van der Waals surface area contributed by atoms with Gasteiger partial charge in [0.2, 0.25) is 5.91 Å². The van der Waals surface area contributed by atoms with Crippen LogP contribution in [0.4, 0.5) is 5.69 Å². The number of amides is 1. The van der Waals surface area contributed by atoms with E-state index in [1.165, 1.54) is 0 Å². The Morgan fingerprint density at radius 2 is 2.27 bits per heavy atom. The Hall–Kier alpha value is -1.22. The molecule has 1 unspecified atom stereocenters. The summed E-state index contributed by atoms with van der Waals surface area (Å²) in [5.41, 5.74) is 7.08. The maximum absolute atomic E-state index is 11.0. The van der Waals surface area contributed by atoms with Gasteiger partial charge >= 0.3 is 0 Å². The van der Waals surface area contributed by atoms with Crippen LogP contribution in [0.15, 0.2) is 18.2 Å². The third kappa shape index (κ3) is 3.13. The van der Waals surface area contributed by atoms with Crippen molar-refractivity contribution in [1.29, 1.82) is 0 Å². The Balaban J connectivity index is 2.87. The van der Waals surface area contributed by atoms with Gasteiger partial charge in [-0.05, 0) is 31.0 Å². The molecule has 0 aromatic heterocycles. The van der Waals surface area contributed by atoms with Crippen LogP contribution < -0.4 is 11.1 Å². The van der Waals surface area contributed by atoms with Gasteiger partial charge in [0.25, 0.3) is 0 Å². The first kappa shape index (κ1) is 11.9. The Bertz CT molecular complexity index is 366. The molecule has 82 valence electrons. The Kier molecular flexibility index (Phi) is 3.97. The molecule has 1 atom stereocenters. The lowest BCUT2D eigenvalue weighted by atomic mass is 10.1. The molecule has 0 bridgehead atoms. The fourth-order valence-electron chi connectivity index (χ4n) is 1.31. The summed E-state index contributed by atoms with van der Waals surface area (Å²) in [6.45, 7) is 3.86. The van der Waals surface area contributed by atoms with Gasteiger partial charge in [-0.15, -0.1) is 0 Å². The summed E-state index contributed by atoms with van der Waals surface area (Å²) < 4.78 is 0. The average Bonchev–Trinajstić information content (AvgIpc) is 2.18. The fourth-order valence-corrected chi connectivity index (χ4v) is 1.48. The van der Waals surface area contributed by atoms with E-state index in [4.69, 9.17) is 17.3 Å². The number of rotatable bonds is 4. The van der Waals surface area contributed by atoms with Gasteiger partial charge in [-0.3, -0.25) is 4.79 Å². The molecule has 1 rings (SSSR count). The van der Waals surface area contributed by atoms with Crippen molar-refractivity contribution in [2.24, 2.45) is 5.73 Å². The van der Waals surface area contributed by atoms with Gasteiger partial charge in [-0.25, -0.2) is 0 Å². The quantitative estimate of drug-likeness (QED) is 0.828. The van der Waals surface area contributed by atoms with Crippen molar-refractivity contribution in [1.82, 2.24) is 0 Å². The van der Waals surface area contributed by atoms with Gasteiger partial charge in [0.15, 0.2) is 0 Å². The van der Waals surface area contributed by atoms with Crippen LogP contribution in [-0.4, -0.2) is 11.9 Å². The van der Waals surface area contributed by atoms with Gasteiger partial charge in [0, 0.05) is 0 Å². The summed E-state index contributed by atoms with van der Waals surface area (Å²) >= 11 is 5.99. The van der Waals surface area contributed by atoms with E-state index in [2.05, 4.69) is 5.32 Å². The lowest BCUT2D eigenvalue weighted by Gasteiger charge is -2.16. The molecular formula is C11H15ClN2O. The lowest BCUT2D eigenvalue weighted by Crippen LogP contribution is -2.34. The minimum atomic E-state index is -0.371. The Morgan fingerprint density at radius 3 is 2.80 bits per heavy atom. The number of nitrogens with two attached hydrogens (primary N) is 1. The number of nitrogens with one attached hydrogen (secondary N) is 1. The molecule has 0 spiro atoms. The van der Waals surface area contributed by atoms with E-state index in [0.717, 1.165) is 11.3 Å². The van der Waals surface area contributed by atoms with E-state index < -0.39 is 0 Å². The van der Waals surface area contributed by atoms with E-state index in [9.17, 15) is 4.79 Å². The molecule has 1 amide bonds. The first-order chi connectivity index (χ1) is 7.04. The molecular weight excluding hydrogens is 212 g/mol. The van der Waals surface area contributed by atoms with E-state index in [0.29, 0.717) is 11.4 Å². The summed E-state index contributed by atoms with van der Waals surface area (Å²) in [5.74, 6) is -0.366. The topological polar surface area (TPSA) is 55.1 Å². The Morgan fingerprint density at radius 1 is 1.60 bits per heavy atom. The second-order valence-corrected chi connectivity index (χ2v) is 3.90. The highest BCUT2D eigenvalue weighted by Crippen LogP contribution is 2.23. The lowest BCUT2D eigenvalue weighted by molar-refractivity contribution is -0.118. The van der Waals surface area contributed by atoms with Crippen molar-refractivity contribution < 1.29 is 4.79 Å². The van der Waals surface area contributed by atoms with Crippen molar-refractivity contribution in [2.75, 3.05) is 5.32 Å². The molecule has 1 aromatic rings. The number of aryl methyl sites for hydroxylation is 1. The normalized spacial score (nSPS) is 12.2. The number of carbonyl (C=O) groups excluding carboxylic acids is 1. The smallest absolute Gasteiger partial charge is 0.239 e. The Labute approximate surface area is 94.6 Å². The molecule has 3 N–H and O–H groups in total. The maximum atomic E-state index is 11.0. The molecule has 0 saturated carbocycles. The average molecular weight is 227 g/mol. The van der Waals surface area contributed by atoms with Crippen molar-refractivity contribution in [3.63, 3.8) is 0 Å². The summed E-state index contributed by atoms with van der Waals surface area (Å²) in [4.78, 5) is 11.0. The first-order valence-electron chi connectivity index (χ1n) is 4.86. The van der Waals surface area contributed by atoms with Crippen LogP contribution in [0.25, 0.3) is 0 Å². The van der Waals surface area contributed by atoms with Crippen LogP contribution in [-0.2, 0) is 4.79 Å². The van der Waals surface area contributed by atoms with Crippen LogP contribution in [0, 0.1) is 6.92 Å². The SMILES string of the molecule is CCC(Nc1cc(C)ccc1Cl)C(N)=O. The third-order valence-electron chi connectivity index (χ3n) is 2.20. The summed E-state index contributed by atoms with van der Waals surface area (Å²) in [5, 5.41) is 3.63. The molecule has 0 heterocycles. The molecule has 0 saturated heterocycles. The van der Waals surface area contributed by atoms with Gasteiger partial charge in [0.1, 0.15) is 6.04 Å². The number of hydrogen-bond acceptors (Lipinski definition) is 2. The number of carbonyl (C=O) groups is 1. The number of halogens is 1. The van der Waals surface area contributed by atoms with E-state index >= 15 is 0 Å². The van der Waals surface area contributed by atoms with E-state index in [1.807, 2.05) is 26.0 Å². The minimum absolute atomic E-state index is 0.366. The van der Waals surface area contributed by atoms with Crippen molar-refractivity contribution in [2.45, 2.75) is 26.3 Å². The molecule has 15 heavy (non-hydrogen) atoms. The van der Waals surface area contributed by atoms with Crippen molar-refractivity contribution >= 4 is 23.2 Å². The van der Waals surface area contributed by atoms with Gasteiger partial charge in [-0.2, -0.15) is 0 Å². The molecule has 0 aliphatic rings. The van der Waals surface area contributed by atoms with Crippen LogP contribution in [0.2, 0.25) is 5.02 Å². The predicted molar refractivity (Wildman–Crippen MR) is 63.1 cm³/mol. The number of benzene rings is 1. The molecule has 0 radical (unpaired) electrons. The second-order valence-electron chi connectivity index (χ2n) is 3.49. The monoisotopic (exact) mass is 226 g/mol. The van der Waals surface area contributed by atoms with E-state index in [1.54, 1.807) is 6.07 Å². The highest BCUT2D eigenvalue weighted by molar-refractivity contribution is 6.33. The molecule has 4 heteroatoms. The van der Waals surface area contributed by atoms with Gasteiger partial charge in [-0.1, -0.05) is 24.6 Å². The highest BCUT2D eigenvalue weighted by atomic mass is 35.5. The zero-order valence-electron chi connectivity index (χ0n) is 8.88.